The smallest absolute Gasteiger partial charge is 0.259 e. The molecule has 2 heterocycles. The molecule has 0 bridgehead atoms. The Balaban J connectivity index is 0.00000272. The van der Waals surface area contributed by atoms with Crippen LogP contribution in [0.15, 0.2) is 35.3 Å². The molecule has 0 radical (unpaired) electrons. The van der Waals surface area contributed by atoms with Crippen molar-refractivity contribution in [2.75, 3.05) is 33.9 Å². The van der Waals surface area contributed by atoms with Gasteiger partial charge in [-0.25, -0.2) is 0 Å². The zero-order valence-corrected chi connectivity index (χ0v) is 18.1. The van der Waals surface area contributed by atoms with Gasteiger partial charge in [-0.05, 0) is 37.2 Å². The number of nitrogens with zero attached hydrogens (tertiary/aromatic N) is 2. The number of rotatable bonds is 8. The Hall–Kier alpha value is -2.94. The first kappa shape index (κ1) is 22.7. The van der Waals surface area contributed by atoms with Gasteiger partial charge in [0, 0.05) is 24.7 Å². The monoisotopic (exact) mass is 445 g/mol. The number of halogens is 1. The standard InChI is InChI=1S/C22H23N3O5.ClH/c1-29-16-11-14-15(12-17(16)30-2)22(28)25(9-4-6-23-8-10-26)20-18(14)21(27)13-5-3-7-24-19(13)20;/h3,5,7,11-12,23,26H,4,6,8-10H2,1-2H3;1H. The lowest BCUT2D eigenvalue weighted by Crippen LogP contribution is -2.26. The van der Waals surface area contributed by atoms with Crippen LogP contribution in [0.5, 0.6) is 11.5 Å². The number of fused-ring (bicyclic) bond motifs is 5. The molecule has 0 saturated carbocycles. The number of hydrogen-bond donors (Lipinski definition) is 2. The molecule has 0 spiro atoms. The van der Waals surface area contributed by atoms with E-state index in [-0.39, 0.29) is 30.4 Å². The van der Waals surface area contributed by atoms with Crippen molar-refractivity contribution >= 4 is 29.0 Å². The molecule has 164 valence electrons. The van der Waals surface area contributed by atoms with Gasteiger partial charge in [-0.15, -0.1) is 12.4 Å². The van der Waals surface area contributed by atoms with Crippen LogP contribution in [0.2, 0.25) is 0 Å². The topological polar surface area (TPSA) is 103 Å². The van der Waals surface area contributed by atoms with Crippen LogP contribution in [0.1, 0.15) is 22.3 Å². The number of aliphatic hydroxyl groups excluding tert-OH is 1. The molecule has 8 nitrogen and oxygen atoms in total. The lowest BCUT2D eigenvalue weighted by Gasteiger charge is -2.16. The van der Waals surface area contributed by atoms with E-state index in [4.69, 9.17) is 14.6 Å². The molecule has 0 aliphatic heterocycles. The molecule has 1 aromatic carbocycles. The second-order valence-corrected chi connectivity index (χ2v) is 6.99. The van der Waals surface area contributed by atoms with E-state index in [0.29, 0.717) is 70.8 Å². The van der Waals surface area contributed by atoms with Crippen molar-refractivity contribution in [2.24, 2.45) is 0 Å². The van der Waals surface area contributed by atoms with Crippen molar-refractivity contribution in [1.82, 2.24) is 14.9 Å². The Labute approximate surface area is 185 Å². The zero-order valence-electron chi connectivity index (χ0n) is 17.3. The van der Waals surface area contributed by atoms with E-state index >= 15 is 0 Å². The molecule has 0 saturated heterocycles. The summed E-state index contributed by atoms with van der Waals surface area (Å²) >= 11 is 0. The van der Waals surface area contributed by atoms with E-state index in [0.717, 1.165) is 0 Å². The van der Waals surface area contributed by atoms with Crippen molar-refractivity contribution in [1.29, 1.82) is 0 Å². The van der Waals surface area contributed by atoms with Gasteiger partial charge >= 0.3 is 0 Å². The number of aliphatic hydroxyl groups is 1. The third-order valence-electron chi connectivity index (χ3n) is 5.30. The molecule has 1 aliphatic rings. The second-order valence-electron chi connectivity index (χ2n) is 6.99. The minimum absolute atomic E-state index is 0. The molecule has 31 heavy (non-hydrogen) atoms. The Morgan fingerprint density at radius 3 is 2.48 bits per heavy atom. The molecule has 0 atom stereocenters. The van der Waals surface area contributed by atoms with Crippen LogP contribution in [0.25, 0.3) is 22.2 Å². The molecular weight excluding hydrogens is 422 g/mol. The summed E-state index contributed by atoms with van der Waals surface area (Å²) in [6.45, 7) is 1.59. The van der Waals surface area contributed by atoms with Crippen molar-refractivity contribution in [3.63, 3.8) is 0 Å². The van der Waals surface area contributed by atoms with Gasteiger partial charge in [-0.1, -0.05) is 0 Å². The van der Waals surface area contributed by atoms with Gasteiger partial charge in [0.25, 0.3) is 5.56 Å². The average molecular weight is 446 g/mol. The van der Waals surface area contributed by atoms with Crippen LogP contribution >= 0.6 is 12.4 Å². The Kier molecular flexibility index (Phi) is 6.94. The molecule has 1 aliphatic carbocycles. The lowest BCUT2D eigenvalue weighted by molar-refractivity contribution is 0.104. The summed E-state index contributed by atoms with van der Waals surface area (Å²) < 4.78 is 12.4. The minimum Gasteiger partial charge on any atom is -0.493 e. The van der Waals surface area contributed by atoms with Crippen LogP contribution < -0.4 is 20.3 Å². The molecule has 0 fully saturated rings. The van der Waals surface area contributed by atoms with Crippen LogP contribution in [-0.2, 0) is 6.54 Å². The number of ketones is 1. The van der Waals surface area contributed by atoms with Crippen molar-refractivity contribution < 1.29 is 19.4 Å². The maximum Gasteiger partial charge on any atom is 0.259 e. The van der Waals surface area contributed by atoms with Gasteiger partial charge in [-0.3, -0.25) is 14.6 Å². The fourth-order valence-electron chi connectivity index (χ4n) is 3.94. The number of pyridine rings is 2. The summed E-state index contributed by atoms with van der Waals surface area (Å²) in [4.78, 5) is 31.1. The van der Waals surface area contributed by atoms with E-state index < -0.39 is 0 Å². The number of benzene rings is 1. The van der Waals surface area contributed by atoms with Crippen molar-refractivity contribution in [3.05, 3.63) is 51.9 Å². The van der Waals surface area contributed by atoms with E-state index in [2.05, 4.69) is 10.3 Å². The number of ether oxygens (including phenoxy) is 2. The molecule has 4 rings (SSSR count). The predicted octanol–water partition coefficient (Wildman–Crippen LogP) is 2.02. The molecule has 9 heteroatoms. The van der Waals surface area contributed by atoms with Gasteiger partial charge in [-0.2, -0.15) is 0 Å². The van der Waals surface area contributed by atoms with E-state index in [1.807, 2.05) is 0 Å². The predicted molar refractivity (Wildman–Crippen MR) is 120 cm³/mol. The number of methoxy groups -OCH3 is 2. The molecule has 0 unspecified atom stereocenters. The quantitative estimate of drug-likeness (QED) is 0.400. The van der Waals surface area contributed by atoms with Crippen LogP contribution in [0, 0.1) is 0 Å². The summed E-state index contributed by atoms with van der Waals surface area (Å²) in [5, 5.41) is 13.0. The summed E-state index contributed by atoms with van der Waals surface area (Å²) in [6, 6.07) is 6.76. The average Bonchev–Trinajstić information content (AvgIpc) is 3.07. The third-order valence-corrected chi connectivity index (χ3v) is 5.30. The highest BCUT2D eigenvalue weighted by atomic mass is 35.5. The van der Waals surface area contributed by atoms with Gasteiger partial charge in [0.05, 0.1) is 48.7 Å². The zero-order chi connectivity index (χ0) is 21.3. The minimum atomic E-state index is -0.210. The fraction of sp³-hybridized carbons (Fsp3) is 0.318. The maximum absolute atomic E-state index is 13.5. The van der Waals surface area contributed by atoms with E-state index in [9.17, 15) is 9.59 Å². The van der Waals surface area contributed by atoms with Gasteiger partial charge in [0.15, 0.2) is 17.3 Å². The number of carbonyl (C=O) groups excluding carboxylic acids is 1. The molecule has 3 aromatic rings. The number of aromatic nitrogens is 2. The first-order valence-corrected chi connectivity index (χ1v) is 9.76. The van der Waals surface area contributed by atoms with Crippen molar-refractivity contribution in [2.45, 2.75) is 13.0 Å². The van der Waals surface area contributed by atoms with Gasteiger partial charge < -0.3 is 24.5 Å². The van der Waals surface area contributed by atoms with Crippen LogP contribution in [-0.4, -0.2) is 54.4 Å². The third kappa shape index (κ3) is 3.78. The first-order valence-electron chi connectivity index (χ1n) is 9.76. The Morgan fingerprint density at radius 1 is 1.10 bits per heavy atom. The largest absolute Gasteiger partial charge is 0.493 e. The first-order chi connectivity index (χ1) is 14.6. The molecular formula is C22H24ClN3O5. The second kappa shape index (κ2) is 9.47. The van der Waals surface area contributed by atoms with Gasteiger partial charge in [0.1, 0.15) is 0 Å². The molecule has 2 aromatic heterocycles. The highest BCUT2D eigenvalue weighted by Crippen LogP contribution is 2.41. The SMILES string of the molecule is COc1cc2c3c(n(CCCNCCO)c(=O)c2cc1OC)-c1ncccc1C3=O.Cl. The highest BCUT2D eigenvalue weighted by Gasteiger charge is 2.34. The molecule has 2 N–H and O–H groups in total. The van der Waals surface area contributed by atoms with Crippen LogP contribution in [0.3, 0.4) is 0 Å². The summed E-state index contributed by atoms with van der Waals surface area (Å²) in [5.74, 6) is 0.728. The summed E-state index contributed by atoms with van der Waals surface area (Å²) in [7, 11) is 3.02. The fourth-order valence-corrected chi connectivity index (χ4v) is 3.94. The maximum atomic E-state index is 13.5. The Bertz CT molecular complexity index is 1190. The van der Waals surface area contributed by atoms with E-state index in [1.54, 1.807) is 35.0 Å². The Morgan fingerprint density at radius 2 is 1.81 bits per heavy atom. The highest BCUT2D eigenvalue weighted by molar-refractivity contribution is 6.26. The van der Waals surface area contributed by atoms with E-state index in [1.165, 1.54) is 14.2 Å². The molecule has 0 amide bonds. The lowest BCUT2D eigenvalue weighted by atomic mass is 10.0. The normalized spacial score (nSPS) is 11.8. The number of carbonyl (C=O) groups is 1. The van der Waals surface area contributed by atoms with Crippen molar-refractivity contribution in [3.8, 4) is 22.9 Å². The number of nitrogens with one attached hydrogen (secondary N) is 1. The summed E-state index contributed by atoms with van der Waals surface area (Å²) in [5.41, 5.74) is 1.80. The number of hydrogen-bond acceptors (Lipinski definition) is 7. The van der Waals surface area contributed by atoms with Crippen LogP contribution in [0.4, 0.5) is 0 Å². The summed E-state index contributed by atoms with van der Waals surface area (Å²) in [6.07, 6.45) is 2.28. The van der Waals surface area contributed by atoms with Gasteiger partial charge in [0.2, 0.25) is 0 Å².